The maximum Gasteiger partial charge on any atom is 0.230 e. The number of carbonyl (C=O) groups is 1. The van der Waals surface area contributed by atoms with Crippen molar-refractivity contribution in [3.63, 3.8) is 0 Å². The number of aromatic nitrogens is 2. The number of hydrogen-bond donors (Lipinski definition) is 1. The lowest BCUT2D eigenvalue weighted by molar-refractivity contribution is -0.118. The van der Waals surface area contributed by atoms with Crippen molar-refractivity contribution < 1.29 is 19.0 Å². The standard InChI is InChI=1S/C23H25N3O4S/c1-28-17-6-4-16(5-7-17)12-13-24-22(27)15-31-23-11-10-20(25-26-23)19-9-8-18(29-2)14-21(19)30-3/h4-11,14H,12-13,15H2,1-3H3,(H,24,27). The van der Waals surface area contributed by atoms with Gasteiger partial charge in [-0.05, 0) is 48.4 Å². The molecule has 0 saturated heterocycles. The zero-order chi connectivity index (χ0) is 22.1. The topological polar surface area (TPSA) is 82.6 Å². The quantitative estimate of drug-likeness (QED) is 0.483. The van der Waals surface area contributed by atoms with Gasteiger partial charge in [-0.1, -0.05) is 23.9 Å². The van der Waals surface area contributed by atoms with Crippen molar-refractivity contribution in [2.45, 2.75) is 11.4 Å². The normalized spacial score (nSPS) is 10.4. The van der Waals surface area contributed by atoms with Crippen LogP contribution >= 0.6 is 11.8 Å². The Kier molecular flexibility index (Phi) is 8.12. The van der Waals surface area contributed by atoms with Crippen molar-refractivity contribution in [2.75, 3.05) is 33.6 Å². The van der Waals surface area contributed by atoms with Crippen molar-refractivity contribution in [3.8, 4) is 28.5 Å². The van der Waals surface area contributed by atoms with Gasteiger partial charge in [-0.25, -0.2) is 0 Å². The molecule has 0 fully saturated rings. The first-order valence-electron chi connectivity index (χ1n) is 9.71. The Morgan fingerprint density at radius 1 is 0.903 bits per heavy atom. The van der Waals surface area contributed by atoms with E-state index in [0.29, 0.717) is 28.8 Å². The van der Waals surface area contributed by atoms with Crippen LogP contribution in [0, 0.1) is 0 Å². The van der Waals surface area contributed by atoms with Gasteiger partial charge < -0.3 is 19.5 Å². The minimum absolute atomic E-state index is 0.0405. The minimum Gasteiger partial charge on any atom is -0.497 e. The highest BCUT2D eigenvalue weighted by atomic mass is 32.2. The van der Waals surface area contributed by atoms with Crippen LogP contribution in [-0.2, 0) is 11.2 Å². The Labute approximate surface area is 186 Å². The molecular formula is C23H25N3O4S. The van der Waals surface area contributed by atoms with Crippen molar-refractivity contribution in [3.05, 3.63) is 60.2 Å². The lowest BCUT2D eigenvalue weighted by Gasteiger charge is -2.10. The molecule has 1 heterocycles. The largest absolute Gasteiger partial charge is 0.497 e. The van der Waals surface area contributed by atoms with Gasteiger partial charge in [0.2, 0.25) is 5.91 Å². The van der Waals surface area contributed by atoms with Crippen molar-refractivity contribution in [1.82, 2.24) is 15.5 Å². The summed E-state index contributed by atoms with van der Waals surface area (Å²) in [4.78, 5) is 12.1. The second kappa shape index (κ2) is 11.2. The molecule has 0 unspecified atom stereocenters. The molecule has 1 amide bonds. The Bertz CT molecular complexity index is 995. The molecule has 7 nitrogen and oxygen atoms in total. The van der Waals surface area contributed by atoms with Gasteiger partial charge in [0.25, 0.3) is 0 Å². The van der Waals surface area contributed by atoms with Crippen LogP contribution in [0.3, 0.4) is 0 Å². The second-order valence-corrected chi connectivity index (χ2v) is 7.56. The average molecular weight is 440 g/mol. The molecule has 3 aromatic rings. The number of benzene rings is 2. The van der Waals surface area contributed by atoms with E-state index in [1.54, 1.807) is 27.4 Å². The summed E-state index contributed by atoms with van der Waals surface area (Å²) in [6, 6.07) is 17.1. The van der Waals surface area contributed by atoms with Crippen LogP contribution in [0.15, 0.2) is 59.6 Å². The zero-order valence-corrected chi connectivity index (χ0v) is 18.6. The summed E-state index contributed by atoms with van der Waals surface area (Å²) in [6.45, 7) is 0.577. The summed E-state index contributed by atoms with van der Waals surface area (Å²) in [5.74, 6) is 2.43. The summed E-state index contributed by atoms with van der Waals surface area (Å²) in [5, 5.41) is 12.1. The fourth-order valence-corrected chi connectivity index (χ4v) is 3.52. The summed E-state index contributed by atoms with van der Waals surface area (Å²) < 4.78 is 15.8. The van der Waals surface area contributed by atoms with E-state index >= 15 is 0 Å². The monoisotopic (exact) mass is 439 g/mol. The molecule has 1 N–H and O–H groups in total. The van der Waals surface area contributed by atoms with E-state index in [9.17, 15) is 4.79 Å². The van der Waals surface area contributed by atoms with Gasteiger partial charge in [-0.15, -0.1) is 10.2 Å². The van der Waals surface area contributed by atoms with Gasteiger partial charge >= 0.3 is 0 Å². The molecule has 31 heavy (non-hydrogen) atoms. The molecule has 8 heteroatoms. The third-order valence-corrected chi connectivity index (χ3v) is 5.49. The first-order chi connectivity index (χ1) is 15.1. The number of carbonyl (C=O) groups excluding carboxylic acids is 1. The average Bonchev–Trinajstić information content (AvgIpc) is 2.83. The van der Waals surface area contributed by atoms with E-state index in [1.165, 1.54) is 11.8 Å². The minimum atomic E-state index is -0.0405. The predicted molar refractivity (Wildman–Crippen MR) is 121 cm³/mol. The number of ether oxygens (including phenoxy) is 3. The van der Waals surface area contributed by atoms with E-state index in [1.807, 2.05) is 48.5 Å². The van der Waals surface area contributed by atoms with Gasteiger partial charge in [0.15, 0.2) is 0 Å². The Morgan fingerprint density at radius 3 is 2.29 bits per heavy atom. The van der Waals surface area contributed by atoms with Crippen LogP contribution in [0.25, 0.3) is 11.3 Å². The van der Waals surface area contributed by atoms with Crippen LogP contribution in [-0.4, -0.2) is 49.7 Å². The molecule has 3 rings (SSSR count). The van der Waals surface area contributed by atoms with Crippen molar-refractivity contribution >= 4 is 17.7 Å². The molecule has 0 spiro atoms. The number of amides is 1. The maximum absolute atomic E-state index is 12.1. The number of methoxy groups -OCH3 is 3. The van der Waals surface area contributed by atoms with Gasteiger partial charge in [0.05, 0.1) is 32.8 Å². The molecular weight excluding hydrogens is 414 g/mol. The van der Waals surface area contributed by atoms with Gasteiger partial charge in [-0.3, -0.25) is 4.79 Å². The molecule has 2 aromatic carbocycles. The fraction of sp³-hybridized carbons (Fsp3) is 0.261. The summed E-state index contributed by atoms with van der Waals surface area (Å²) >= 11 is 1.35. The highest BCUT2D eigenvalue weighted by Gasteiger charge is 2.10. The van der Waals surface area contributed by atoms with Gasteiger partial charge in [0, 0.05) is 18.2 Å². The third kappa shape index (κ3) is 6.36. The second-order valence-electron chi connectivity index (χ2n) is 6.56. The molecule has 0 aliphatic rings. The zero-order valence-electron chi connectivity index (χ0n) is 17.8. The lowest BCUT2D eigenvalue weighted by Crippen LogP contribution is -2.27. The predicted octanol–water partition coefficient (Wildman–Crippen LogP) is 3.62. The molecule has 0 bridgehead atoms. The number of hydrogen-bond acceptors (Lipinski definition) is 7. The van der Waals surface area contributed by atoms with E-state index in [4.69, 9.17) is 14.2 Å². The van der Waals surface area contributed by atoms with E-state index in [-0.39, 0.29) is 11.7 Å². The number of nitrogens with one attached hydrogen (secondary N) is 1. The molecule has 1 aromatic heterocycles. The first kappa shape index (κ1) is 22.4. The Balaban J connectivity index is 1.48. The molecule has 0 radical (unpaired) electrons. The molecule has 0 atom stereocenters. The summed E-state index contributed by atoms with van der Waals surface area (Å²) in [6.07, 6.45) is 0.762. The smallest absolute Gasteiger partial charge is 0.230 e. The third-order valence-electron chi connectivity index (χ3n) is 4.57. The Hall–Kier alpha value is -3.26. The highest BCUT2D eigenvalue weighted by molar-refractivity contribution is 7.99. The van der Waals surface area contributed by atoms with E-state index in [0.717, 1.165) is 23.3 Å². The Morgan fingerprint density at radius 2 is 1.65 bits per heavy atom. The van der Waals surface area contributed by atoms with Crippen LogP contribution in [0.4, 0.5) is 0 Å². The van der Waals surface area contributed by atoms with Crippen LogP contribution in [0.1, 0.15) is 5.56 Å². The van der Waals surface area contributed by atoms with Crippen LogP contribution in [0.2, 0.25) is 0 Å². The number of thioether (sulfide) groups is 1. The van der Waals surface area contributed by atoms with Gasteiger partial charge in [0.1, 0.15) is 22.3 Å². The van der Waals surface area contributed by atoms with E-state index in [2.05, 4.69) is 15.5 Å². The summed E-state index contributed by atoms with van der Waals surface area (Å²) in [7, 11) is 4.85. The van der Waals surface area contributed by atoms with Crippen LogP contribution < -0.4 is 19.5 Å². The SMILES string of the molecule is COc1ccc(CCNC(=O)CSc2ccc(-c3ccc(OC)cc3OC)nn2)cc1. The number of nitrogens with zero attached hydrogens (tertiary/aromatic N) is 2. The van der Waals surface area contributed by atoms with Gasteiger partial charge in [-0.2, -0.15) is 0 Å². The summed E-state index contributed by atoms with van der Waals surface area (Å²) in [5.41, 5.74) is 2.65. The first-order valence-corrected chi connectivity index (χ1v) is 10.7. The van der Waals surface area contributed by atoms with E-state index < -0.39 is 0 Å². The fourth-order valence-electron chi connectivity index (χ4n) is 2.88. The molecule has 0 saturated carbocycles. The van der Waals surface area contributed by atoms with Crippen molar-refractivity contribution in [2.24, 2.45) is 0 Å². The molecule has 0 aliphatic carbocycles. The highest BCUT2D eigenvalue weighted by Crippen LogP contribution is 2.32. The van der Waals surface area contributed by atoms with Crippen molar-refractivity contribution in [1.29, 1.82) is 0 Å². The van der Waals surface area contributed by atoms with Crippen LogP contribution in [0.5, 0.6) is 17.2 Å². The molecule has 162 valence electrons. The maximum atomic E-state index is 12.1. The lowest BCUT2D eigenvalue weighted by atomic mass is 10.1. The molecule has 0 aliphatic heterocycles. The number of rotatable bonds is 10.